The van der Waals surface area contributed by atoms with E-state index in [0.717, 1.165) is 30.9 Å². The highest BCUT2D eigenvalue weighted by Gasteiger charge is 2.38. The molecule has 1 N–H and O–H groups in total. The van der Waals surface area contributed by atoms with Crippen molar-refractivity contribution in [2.24, 2.45) is 5.41 Å². The number of nitrogens with one attached hydrogen (secondary N) is 1. The van der Waals surface area contributed by atoms with Gasteiger partial charge < -0.3 is 19.9 Å². The van der Waals surface area contributed by atoms with E-state index in [9.17, 15) is 28.1 Å². The molecule has 1 aliphatic heterocycles. The molecule has 0 bridgehead atoms. The molecule has 2 aromatic rings. The third-order valence-electron chi connectivity index (χ3n) is 7.23. The molecule has 12 heteroatoms. The fraction of sp³-hybridized carbons (Fsp3) is 0.571. The van der Waals surface area contributed by atoms with E-state index in [2.05, 4.69) is 36.0 Å². The molecule has 218 valence electrons. The summed E-state index contributed by atoms with van der Waals surface area (Å²) in [7, 11) is 0. The van der Waals surface area contributed by atoms with Crippen LogP contribution < -0.4 is 15.0 Å². The highest BCUT2D eigenvalue weighted by atomic mass is 19.4. The summed E-state index contributed by atoms with van der Waals surface area (Å²) in [4.78, 5) is 31.0. The molecule has 2 heterocycles. The van der Waals surface area contributed by atoms with Crippen LogP contribution in [0.25, 0.3) is 0 Å². The number of benzene rings is 1. The van der Waals surface area contributed by atoms with Gasteiger partial charge in [-0.3, -0.25) is 14.9 Å². The van der Waals surface area contributed by atoms with Crippen LogP contribution in [0.4, 0.5) is 30.2 Å². The molecular weight excluding hydrogens is 527 g/mol. The normalized spacial score (nSPS) is 20.2. The highest BCUT2D eigenvalue weighted by Crippen LogP contribution is 2.38. The molecule has 0 radical (unpaired) electrons. The number of rotatable bonds is 7. The Morgan fingerprint density at radius 1 is 1.07 bits per heavy atom. The molecule has 9 nitrogen and oxygen atoms in total. The van der Waals surface area contributed by atoms with Crippen molar-refractivity contribution >= 4 is 23.0 Å². The molecule has 1 saturated heterocycles. The number of aromatic nitrogens is 1. The van der Waals surface area contributed by atoms with Crippen LogP contribution in [-0.2, 0) is 11.0 Å². The molecule has 1 aliphatic carbocycles. The van der Waals surface area contributed by atoms with Crippen molar-refractivity contribution in [2.45, 2.75) is 71.2 Å². The fourth-order valence-corrected chi connectivity index (χ4v) is 5.18. The molecule has 0 atom stereocenters. The maximum Gasteiger partial charge on any atom is 0.423 e. The molecule has 4 rings (SSSR count). The van der Waals surface area contributed by atoms with Gasteiger partial charge in [0.1, 0.15) is 11.7 Å². The summed E-state index contributed by atoms with van der Waals surface area (Å²) in [5.74, 6) is 0.704. The van der Waals surface area contributed by atoms with Crippen molar-refractivity contribution in [3.63, 3.8) is 0 Å². The smallest absolute Gasteiger partial charge is 0.423 e. The molecule has 1 saturated carbocycles. The Morgan fingerprint density at radius 3 is 2.35 bits per heavy atom. The number of pyridine rings is 1. The predicted molar refractivity (Wildman–Crippen MR) is 145 cm³/mol. The van der Waals surface area contributed by atoms with Crippen LogP contribution >= 0.6 is 0 Å². The molecule has 40 heavy (non-hydrogen) atoms. The second-order valence-electron chi connectivity index (χ2n) is 11.7. The van der Waals surface area contributed by atoms with Crippen molar-refractivity contribution in [1.82, 2.24) is 9.88 Å². The minimum atomic E-state index is -4.82. The number of nitrogens with zero attached hydrogens (tertiary/aromatic N) is 4. The van der Waals surface area contributed by atoms with Gasteiger partial charge in [-0.2, -0.15) is 13.2 Å². The summed E-state index contributed by atoms with van der Waals surface area (Å²) in [5, 5.41) is 14.1. The highest BCUT2D eigenvalue weighted by molar-refractivity contribution is 5.77. The minimum absolute atomic E-state index is 0.0396. The van der Waals surface area contributed by atoms with Crippen molar-refractivity contribution in [3.05, 3.63) is 52.2 Å². The van der Waals surface area contributed by atoms with Gasteiger partial charge in [0.05, 0.1) is 4.92 Å². The Kier molecular flexibility index (Phi) is 8.74. The van der Waals surface area contributed by atoms with Gasteiger partial charge in [0, 0.05) is 68.3 Å². The van der Waals surface area contributed by atoms with Crippen LogP contribution in [0.3, 0.4) is 0 Å². The van der Waals surface area contributed by atoms with Gasteiger partial charge in [-0.05, 0) is 49.3 Å². The van der Waals surface area contributed by atoms with Crippen molar-refractivity contribution in [1.29, 1.82) is 0 Å². The van der Waals surface area contributed by atoms with Crippen molar-refractivity contribution < 1.29 is 27.6 Å². The van der Waals surface area contributed by atoms with E-state index >= 15 is 0 Å². The van der Waals surface area contributed by atoms with E-state index in [4.69, 9.17) is 4.74 Å². The lowest BCUT2D eigenvalue weighted by atomic mass is 9.91. The molecule has 2 fully saturated rings. The fourth-order valence-electron chi connectivity index (χ4n) is 5.18. The van der Waals surface area contributed by atoms with E-state index in [1.807, 2.05) is 17.0 Å². The first-order chi connectivity index (χ1) is 18.8. The molecule has 1 aromatic carbocycles. The molecule has 0 spiro atoms. The Morgan fingerprint density at radius 2 is 1.75 bits per heavy atom. The summed E-state index contributed by atoms with van der Waals surface area (Å²) in [6.07, 6.45) is 0.0806. The third-order valence-corrected chi connectivity index (χ3v) is 7.23. The largest absolute Gasteiger partial charge is 0.474 e. The van der Waals surface area contributed by atoms with Gasteiger partial charge in [0.15, 0.2) is 0 Å². The number of nitro groups is 1. The predicted octanol–water partition coefficient (Wildman–Crippen LogP) is 5.90. The number of ether oxygens (including phenoxy) is 1. The van der Waals surface area contributed by atoms with Crippen molar-refractivity contribution in [2.75, 3.05) is 36.4 Å². The summed E-state index contributed by atoms with van der Waals surface area (Å²) < 4.78 is 46.1. The standard InChI is InChI=1S/C28H36F3N5O4/c1-27(2,3)18-26(37)35-14-12-34(13-15-35)21-10-11-32-25(17-21)40-22-7-4-19(5-8-22)33-20-6-9-24(36(38)39)23(16-20)28(29,30)31/h6,9-11,16-17,19,22,33H,4-5,7-8,12-15,18H2,1-3H3/t19-,22-. The second kappa shape index (κ2) is 11.9. The van der Waals surface area contributed by atoms with Gasteiger partial charge in [-0.1, -0.05) is 20.8 Å². The summed E-state index contributed by atoms with van der Waals surface area (Å²) in [6, 6.07) is 6.77. The quantitative estimate of drug-likeness (QED) is 0.331. The van der Waals surface area contributed by atoms with Gasteiger partial charge in [0.25, 0.3) is 5.69 Å². The first kappa shape index (κ1) is 29.4. The van der Waals surface area contributed by atoms with Crippen LogP contribution in [0.2, 0.25) is 0 Å². The van der Waals surface area contributed by atoms with Crippen LogP contribution in [0.15, 0.2) is 36.5 Å². The monoisotopic (exact) mass is 563 g/mol. The second-order valence-corrected chi connectivity index (χ2v) is 11.7. The number of amides is 1. The van der Waals surface area contributed by atoms with Crippen molar-refractivity contribution in [3.8, 4) is 5.88 Å². The lowest BCUT2D eigenvalue weighted by molar-refractivity contribution is -0.388. The van der Waals surface area contributed by atoms with Gasteiger partial charge in [-0.25, -0.2) is 4.98 Å². The number of hydrogen-bond donors (Lipinski definition) is 1. The summed E-state index contributed by atoms with van der Waals surface area (Å²) >= 11 is 0. The average molecular weight is 564 g/mol. The number of nitro benzene ring substituents is 1. The van der Waals surface area contributed by atoms with Crippen LogP contribution in [0.5, 0.6) is 5.88 Å². The van der Waals surface area contributed by atoms with Gasteiger partial charge in [-0.15, -0.1) is 0 Å². The summed E-state index contributed by atoms with van der Waals surface area (Å²) in [5.41, 5.74) is -1.06. The Balaban J connectivity index is 1.28. The molecular formula is C28H36F3N5O4. The number of carbonyl (C=O) groups is 1. The van der Waals surface area contributed by atoms with E-state index in [1.54, 1.807) is 6.20 Å². The zero-order chi connectivity index (χ0) is 29.1. The lowest BCUT2D eigenvalue weighted by Crippen LogP contribution is -2.49. The van der Waals surface area contributed by atoms with E-state index in [-0.39, 0.29) is 29.2 Å². The van der Waals surface area contributed by atoms with Crippen LogP contribution in [-0.4, -0.2) is 59.0 Å². The number of piperazine rings is 1. The summed E-state index contributed by atoms with van der Waals surface area (Å²) in [6.45, 7) is 9.00. The van der Waals surface area contributed by atoms with Crippen LogP contribution in [0, 0.1) is 15.5 Å². The number of carbonyl (C=O) groups excluding carboxylic acids is 1. The third kappa shape index (κ3) is 7.76. The molecule has 0 unspecified atom stereocenters. The SMILES string of the molecule is CC(C)(C)CC(=O)N1CCN(c2ccnc(O[C@H]3CC[C@H](Nc4ccc([N+](=O)[O-])c(C(F)(F)F)c4)CC3)c2)CC1. The first-order valence-electron chi connectivity index (χ1n) is 13.6. The number of hydrogen-bond acceptors (Lipinski definition) is 7. The first-order valence-corrected chi connectivity index (χ1v) is 13.6. The molecule has 1 amide bonds. The topological polar surface area (TPSA) is 101 Å². The lowest BCUT2D eigenvalue weighted by Gasteiger charge is -2.37. The minimum Gasteiger partial charge on any atom is -0.474 e. The number of alkyl halides is 3. The Bertz CT molecular complexity index is 1200. The Labute approximate surface area is 231 Å². The van der Waals surface area contributed by atoms with E-state index in [0.29, 0.717) is 51.1 Å². The zero-order valence-electron chi connectivity index (χ0n) is 23.0. The maximum absolute atomic E-state index is 13.3. The Hall–Kier alpha value is -3.57. The molecule has 1 aromatic heterocycles. The van der Waals surface area contributed by atoms with Gasteiger partial charge >= 0.3 is 6.18 Å². The number of anilines is 2. The van der Waals surface area contributed by atoms with Crippen LogP contribution in [0.1, 0.15) is 58.4 Å². The zero-order valence-corrected chi connectivity index (χ0v) is 23.0. The molecule has 2 aliphatic rings. The van der Waals surface area contributed by atoms with E-state index < -0.39 is 22.4 Å². The maximum atomic E-state index is 13.3. The van der Waals surface area contributed by atoms with E-state index in [1.165, 1.54) is 6.07 Å². The number of halogens is 3. The van der Waals surface area contributed by atoms with Gasteiger partial charge in [0.2, 0.25) is 11.8 Å². The average Bonchev–Trinajstić information content (AvgIpc) is 2.88.